The molecule has 0 atom stereocenters. The molecule has 4 rings (SSSR count). The van der Waals surface area contributed by atoms with Gasteiger partial charge in [-0.25, -0.2) is 10.5 Å². The van der Waals surface area contributed by atoms with Crippen LogP contribution in [0.3, 0.4) is 0 Å². The molecule has 2 aromatic heterocycles. The third kappa shape index (κ3) is 2.21. The minimum absolute atomic E-state index is 0.356. The van der Waals surface area contributed by atoms with Crippen LogP contribution in [0.1, 0.15) is 10.4 Å². The van der Waals surface area contributed by atoms with Gasteiger partial charge in [-0.3, -0.25) is 15.0 Å². The zero-order valence-corrected chi connectivity index (χ0v) is 11.9. The van der Waals surface area contributed by atoms with Crippen molar-refractivity contribution in [2.24, 2.45) is 0 Å². The second kappa shape index (κ2) is 5.19. The fourth-order valence-corrected chi connectivity index (χ4v) is 2.65. The van der Waals surface area contributed by atoms with Gasteiger partial charge >= 0.3 is 0 Å². The smallest absolute Gasteiger partial charge is 0.274 e. The number of hydroxylamine groups is 1. The summed E-state index contributed by atoms with van der Waals surface area (Å²) >= 11 is 0. The molecule has 0 saturated carbocycles. The van der Waals surface area contributed by atoms with E-state index in [1.807, 2.05) is 30.3 Å². The van der Waals surface area contributed by atoms with Crippen LogP contribution in [-0.4, -0.2) is 26.1 Å². The standard InChI is InChI=1S/C17H12N4O2/c22-17(21-23)10-5-6-14-15(9-10)20-16(19-14)12-7-8-18-13-4-2-1-3-11(12)13/h1-9,23H,(H,19,20)(H,21,22). The summed E-state index contributed by atoms with van der Waals surface area (Å²) in [5.41, 5.74) is 5.29. The lowest BCUT2D eigenvalue weighted by molar-refractivity contribution is 0.0706. The lowest BCUT2D eigenvalue weighted by Crippen LogP contribution is -2.18. The molecular weight excluding hydrogens is 292 g/mol. The maximum absolute atomic E-state index is 11.5. The van der Waals surface area contributed by atoms with Crippen molar-refractivity contribution in [3.8, 4) is 11.4 Å². The number of rotatable bonds is 2. The summed E-state index contributed by atoms with van der Waals surface area (Å²) in [6, 6.07) is 14.8. The van der Waals surface area contributed by atoms with Crippen LogP contribution in [0.5, 0.6) is 0 Å². The van der Waals surface area contributed by atoms with E-state index in [4.69, 9.17) is 5.21 Å². The van der Waals surface area contributed by atoms with Gasteiger partial charge in [-0.2, -0.15) is 0 Å². The van der Waals surface area contributed by atoms with E-state index >= 15 is 0 Å². The van der Waals surface area contributed by atoms with Crippen LogP contribution in [-0.2, 0) is 0 Å². The van der Waals surface area contributed by atoms with Crippen LogP contribution in [0.4, 0.5) is 0 Å². The van der Waals surface area contributed by atoms with Crippen LogP contribution in [0.15, 0.2) is 54.7 Å². The van der Waals surface area contributed by atoms with Crippen LogP contribution in [0, 0.1) is 0 Å². The van der Waals surface area contributed by atoms with Crippen molar-refractivity contribution in [2.45, 2.75) is 0 Å². The molecule has 0 radical (unpaired) electrons. The summed E-state index contributed by atoms with van der Waals surface area (Å²) < 4.78 is 0. The summed E-state index contributed by atoms with van der Waals surface area (Å²) in [6.07, 6.45) is 1.75. The second-order valence-electron chi connectivity index (χ2n) is 5.13. The number of pyridine rings is 1. The van der Waals surface area contributed by atoms with Gasteiger partial charge < -0.3 is 4.98 Å². The number of hydrogen-bond donors (Lipinski definition) is 3. The highest BCUT2D eigenvalue weighted by Gasteiger charge is 2.11. The summed E-state index contributed by atoms with van der Waals surface area (Å²) in [5.74, 6) is 0.151. The molecule has 0 bridgehead atoms. The molecule has 6 nitrogen and oxygen atoms in total. The first-order valence-electron chi connectivity index (χ1n) is 7.04. The molecule has 0 aliphatic carbocycles. The Hall–Kier alpha value is -3.25. The number of benzene rings is 2. The highest BCUT2D eigenvalue weighted by Crippen LogP contribution is 2.27. The SMILES string of the molecule is O=C(NO)c1ccc2nc(-c3ccnc4ccccc34)[nH]c2c1. The number of fused-ring (bicyclic) bond motifs is 2. The Morgan fingerprint density at radius 1 is 1.09 bits per heavy atom. The van der Waals surface area contributed by atoms with E-state index in [2.05, 4.69) is 15.0 Å². The average molecular weight is 304 g/mol. The Balaban J connectivity index is 1.90. The average Bonchev–Trinajstić information content (AvgIpc) is 3.03. The maximum atomic E-state index is 11.5. The number of para-hydroxylation sites is 1. The summed E-state index contributed by atoms with van der Waals surface area (Å²) in [6.45, 7) is 0. The fraction of sp³-hybridized carbons (Fsp3) is 0. The van der Waals surface area contributed by atoms with Crippen molar-refractivity contribution in [1.29, 1.82) is 0 Å². The number of nitrogens with zero attached hydrogens (tertiary/aromatic N) is 2. The molecule has 0 fully saturated rings. The number of carbonyl (C=O) groups is 1. The largest absolute Gasteiger partial charge is 0.338 e. The van der Waals surface area contributed by atoms with E-state index in [1.165, 1.54) is 0 Å². The van der Waals surface area contributed by atoms with Crippen LogP contribution >= 0.6 is 0 Å². The molecule has 2 aromatic carbocycles. The van der Waals surface area contributed by atoms with E-state index in [9.17, 15) is 4.79 Å². The summed E-state index contributed by atoms with van der Waals surface area (Å²) in [5, 5.41) is 9.73. The lowest BCUT2D eigenvalue weighted by atomic mass is 10.1. The Kier molecular flexibility index (Phi) is 3.03. The Labute approximate surface area is 130 Å². The molecule has 0 saturated heterocycles. The van der Waals surface area contributed by atoms with Gasteiger partial charge in [0.25, 0.3) is 5.91 Å². The van der Waals surface area contributed by atoms with E-state index in [0.717, 1.165) is 27.5 Å². The molecule has 0 spiro atoms. The van der Waals surface area contributed by atoms with Crippen LogP contribution in [0.25, 0.3) is 33.3 Å². The monoisotopic (exact) mass is 304 g/mol. The Morgan fingerprint density at radius 2 is 1.96 bits per heavy atom. The minimum Gasteiger partial charge on any atom is -0.338 e. The molecule has 0 aliphatic heterocycles. The van der Waals surface area contributed by atoms with Gasteiger partial charge in [0.1, 0.15) is 5.82 Å². The van der Waals surface area contributed by atoms with Crippen molar-refractivity contribution >= 4 is 27.8 Å². The minimum atomic E-state index is -0.558. The number of amides is 1. The second-order valence-corrected chi connectivity index (χ2v) is 5.13. The molecule has 112 valence electrons. The number of nitrogens with one attached hydrogen (secondary N) is 2. The van der Waals surface area contributed by atoms with E-state index in [-0.39, 0.29) is 0 Å². The predicted octanol–water partition coefficient (Wildman–Crippen LogP) is 2.90. The molecule has 0 aliphatic rings. The van der Waals surface area contributed by atoms with Crippen molar-refractivity contribution in [3.05, 3.63) is 60.3 Å². The van der Waals surface area contributed by atoms with Gasteiger partial charge in [0, 0.05) is 22.7 Å². The van der Waals surface area contributed by atoms with E-state index in [0.29, 0.717) is 11.4 Å². The molecule has 3 N–H and O–H groups in total. The zero-order valence-electron chi connectivity index (χ0n) is 11.9. The highest BCUT2D eigenvalue weighted by atomic mass is 16.5. The lowest BCUT2D eigenvalue weighted by Gasteiger charge is -2.02. The molecule has 2 heterocycles. The maximum Gasteiger partial charge on any atom is 0.274 e. The van der Waals surface area contributed by atoms with Gasteiger partial charge in [-0.05, 0) is 30.3 Å². The first-order chi connectivity index (χ1) is 11.3. The van der Waals surface area contributed by atoms with Crippen molar-refractivity contribution in [3.63, 3.8) is 0 Å². The van der Waals surface area contributed by atoms with Gasteiger partial charge in [-0.1, -0.05) is 18.2 Å². The topological polar surface area (TPSA) is 90.9 Å². The molecule has 6 heteroatoms. The van der Waals surface area contributed by atoms with Gasteiger partial charge in [-0.15, -0.1) is 0 Å². The Morgan fingerprint density at radius 3 is 2.83 bits per heavy atom. The molecular formula is C17H12N4O2. The molecule has 23 heavy (non-hydrogen) atoms. The summed E-state index contributed by atoms with van der Waals surface area (Å²) in [4.78, 5) is 23.7. The van der Waals surface area contributed by atoms with E-state index < -0.39 is 5.91 Å². The molecule has 4 aromatic rings. The third-order valence-electron chi connectivity index (χ3n) is 3.75. The summed E-state index contributed by atoms with van der Waals surface area (Å²) in [7, 11) is 0. The van der Waals surface area contributed by atoms with Crippen molar-refractivity contribution in [1.82, 2.24) is 20.4 Å². The number of aromatic amines is 1. The van der Waals surface area contributed by atoms with Crippen molar-refractivity contribution < 1.29 is 10.0 Å². The van der Waals surface area contributed by atoms with Crippen molar-refractivity contribution in [2.75, 3.05) is 0 Å². The first kappa shape index (κ1) is 13.4. The number of imidazole rings is 1. The van der Waals surface area contributed by atoms with E-state index in [1.54, 1.807) is 29.9 Å². The number of H-pyrrole nitrogens is 1. The number of carbonyl (C=O) groups excluding carboxylic acids is 1. The number of hydrogen-bond acceptors (Lipinski definition) is 4. The quantitative estimate of drug-likeness (QED) is 0.392. The Bertz CT molecular complexity index is 1030. The zero-order chi connectivity index (χ0) is 15.8. The van der Waals surface area contributed by atoms with Crippen LogP contribution in [0.2, 0.25) is 0 Å². The predicted molar refractivity (Wildman–Crippen MR) is 86.1 cm³/mol. The molecule has 1 amide bonds. The molecule has 0 unspecified atom stereocenters. The highest BCUT2D eigenvalue weighted by molar-refractivity contribution is 5.98. The van der Waals surface area contributed by atoms with Gasteiger partial charge in [0.2, 0.25) is 0 Å². The van der Waals surface area contributed by atoms with Gasteiger partial charge in [0.05, 0.1) is 16.6 Å². The first-order valence-corrected chi connectivity index (χ1v) is 7.04. The number of aromatic nitrogens is 3. The fourth-order valence-electron chi connectivity index (χ4n) is 2.65. The third-order valence-corrected chi connectivity index (χ3v) is 3.75. The normalized spacial score (nSPS) is 11.0. The van der Waals surface area contributed by atoms with Gasteiger partial charge in [0.15, 0.2) is 0 Å². The van der Waals surface area contributed by atoms with Crippen LogP contribution < -0.4 is 5.48 Å².